The molecule has 0 fully saturated rings. The lowest BCUT2D eigenvalue weighted by Crippen LogP contribution is -2.34. The maximum atomic E-state index is 9.53. The zero-order chi connectivity index (χ0) is 10.0. The molecule has 0 spiro atoms. The summed E-state index contributed by atoms with van der Waals surface area (Å²) in [6.45, 7) is 0.327. The van der Waals surface area contributed by atoms with Crippen molar-refractivity contribution in [3.05, 3.63) is 21.9 Å². The van der Waals surface area contributed by atoms with Crippen LogP contribution >= 0.6 is 11.3 Å². The van der Waals surface area contributed by atoms with E-state index in [-0.39, 0.29) is 18.6 Å². The van der Waals surface area contributed by atoms with Crippen LogP contribution in [0.1, 0.15) is 29.7 Å². The third-order valence-corrected chi connectivity index (χ3v) is 4.25. The Hall–Kier alpha value is -0.380. The Balaban J connectivity index is 2.36. The molecule has 1 aliphatic rings. The lowest BCUT2D eigenvalue weighted by molar-refractivity contribution is 0.137. The van der Waals surface area contributed by atoms with E-state index in [1.165, 1.54) is 10.4 Å². The van der Waals surface area contributed by atoms with Gasteiger partial charge in [-0.2, -0.15) is 0 Å². The summed E-state index contributed by atoms with van der Waals surface area (Å²) in [5, 5.41) is 20.7. The highest BCUT2D eigenvalue weighted by Gasteiger charge is 2.35. The van der Waals surface area contributed by atoms with Gasteiger partial charge in [-0.05, 0) is 42.7 Å². The smallest absolute Gasteiger partial charge is 0.0529 e. The highest BCUT2D eigenvalue weighted by atomic mass is 32.1. The van der Waals surface area contributed by atoms with E-state index in [1.54, 1.807) is 11.3 Å². The van der Waals surface area contributed by atoms with Gasteiger partial charge < -0.3 is 10.2 Å². The van der Waals surface area contributed by atoms with Crippen LogP contribution in [0.3, 0.4) is 0 Å². The molecule has 0 saturated carbocycles. The predicted molar refractivity (Wildman–Crippen MR) is 57.7 cm³/mol. The monoisotopic (exact) mass is 212 g/mol. The molecule has 0 saturated heterocycles. The van der Waals surface area contributed by atoms with Crippen molar-refractivity contribution in [2.75, 3.05) is 13.2 Å². The maximum absolute atomic E-state index is 9.53. The normalized spacial score (nSPS) is 26.1. The van der Waals surface area contributed by atoms with Gasteiger partial charge in [-0.15, -0.1) is 11.3 Å². The molecule has 1 aromatic heterocycles. The summed E-state index contributed by atoms with van der Waals surface area (Å²) in [6, 6.07) is 2.12. The van der Waals surface area contributed by atoms with Crippen molar-refractivity contribution in [1.29, 1.82) is 0 Å². The summed E-state index contributed by atoms with van der Waals surface area (Å²) in [6.07, 6.45) is 3.97. The zero-order valence-electron chi connectivity index (χ0n) is 8.20. The summed E-state index contributed by atoms with van der Waals surface area (Å²) >= 11 is 1.78. The van der Waals surface area contributed by atoms with Gasteiger partial charge in [0.25, 0.3) is 0 Å². The summed E-state index contributed by atoms with van der Waals surface area (Å²) in [7, 11) is 0. The lowest BCUT2D eigenvalue weighted by Gasteiger charge is -2.35. The van der Waals surface area contributed by atoms with Crippen molar-refractivity contribution >= 4 is 11.3 Å². The summed E-state index contributed by atoms with van der Waals surface area (Å²) in [4.78, 5) is 1.40. The average Bonchev–Trinajstić information content (AvgIpc) is 2.67. The molecule has 14 heavy (non-hydrogen) atoms. The van der Waals surface area contributed by atoms with Crippen LogP contribution in [0.15, 0.2) is 11.4 Å². The molecule has 2 nitrogen and oxygen atoms in total. The summed E-state index contributed by atoms with van der Waals surface area (Å²) in [5.74, 6) is 0. The van der Waals surface area contributed by atoms with Crippen molar-refractivity contribution in [3.63, 3.8) is 0 Å². The van der Waals surface area contributed by atoms with Crippen molar-refractivity contribution < 1.29 is 10.2 Å². The Kier molecular flexibility index (Phi) is 2.91. The highest BCUT2D eigenvalue weighted by Crippen LogP contribution is 2.41. The fourth-order valence-corrected chi connectivity index (χ4v) is 3.49. The van der Waals surface area contributed by atoms with Crippen LogP contribution in [0.25, 0.3) is 0 Å². The second-order valence-corrected chi connectivity index (χ2v) is 5.02. The van der Waals surface area contributed by atoms with Crippen LogP contribution in [0, 0.1) is 0 Å². The number of rotatable bonds is 3. The van der Waals surface area contributed by atoms with Gasteiger partial charge in [-0.25, -0.2) is 0 Å². The number of fused-ring (bicyclic) bond motifs is 1. The van der Waals surface area contributed by atoms with Crippen LogP contribution in [-0.4, -0.2) is 23.4 Å². The maximum Gasteiger partial charge on any atom is 0.0529 e. The fraction of sp³-hybridized carbons (Fsp3) is 0.636. The molecule has 0 aromatic carbocycles. The summed E-state index contributed by atoms with van der Waals surface area (Å²) in [5.41, 5.74) is 1.13. The number of aliphatic hydroxyl groups excluding tert-OH is 2. The van der Waals surface area contributed by atoms with Crippen LogP contribution in [0.4, 0.5) is 0 Å². The molecule has 0 aliphatic heterocycles. The summed E-state index contributed by atoms with van der Waals surface area (Å²) < 4.78 is 0. The van der Waals surface area contributed by atoms with Crippen LogP contribution in [-0.2, 0) is 11.8 Å². The van der Waals surface area contributed by atoms with Gasteiger partial charge >= 0.3 is 0 Å². The quantitative estimate of drug-likeness (QED) is 0.800. The van der Waals surface area contributed by atoms with Crippen LogP contribution in [0.2, 0.25) is 0 Å². The van der Waals surface area contributed by atoms with Crippen LogP contribution < -0.4 is 0 Å². The van der Waals surface area contributed by atoms with Crippen molar-refractivity contribution in [2.45, 2.75) is 31.1 Å². The molecule has 3 heteroatoms. The first-order valence-corrected chi connectivity index (χ1v) is 5.99. The van der Waals surface area contributed by atoms with Gasteiger partial charge in [0.15, 0.2) is 0 Å². The molecule has 0 bridgehead atoms. The highest BCUT2D eigenvalue weighted by molar-refractivity contribution is 7.10. The van der Waals surface area contributed by atoms with Crippen molar-refractivity contribution in [1.82, 2.24) is 0 Å². The van der Waals surface area contributed by atoms with Gasteiger partial charge in [0.2, 0.25) is 0 Å². The first-order valence-electron chi connectivity index (χ1n) is 5.11. The van der Waals surface area contributed by atoms with E-state index >= 15 is 0 Å². The molecule has 0 amide bonds. The second kappa shape index (κ2) is 4.01. The van der Waals surface area contributed by atoms with Gasteiger partial charge in [0.05, 0.1) is 6.61 Å². The van der Waals surface area contributed by atoms with Crippen molar-refractivity contribution in [3.8, 4) is 0 Å². The van der Waals surface area contributed by atoms with Gasteiger partial charge in [0, 0.05) is 16.9 Å². The van der Waals surface area contributed by atoms with Gasteiger partial charge in [-0.3, -0.25) is 0 Å². The lowest BCUT2D eigenvalue weighted by atomic mass is 9.71. The molecular formula is C11H16O2S. The zero-order valence-corrected chi connectivity index (χ0v) is 9.02. The second-order valence-electron chi connectivity index (χ2n) is 4.02. The van der Waals surface area contributed by atoms with E-state index < -0.39 is 0 Å². The number of hydrogen-bond acceptors (Lipinski definition) is 3. The SMILES string of the molecule is OCCC1(CO)CCCc2sccc21. The van der Waals surface area contributed by atoms with Gasteiger partial charge in [-0.1, -0.05) is 0 Å². The molecule has 1 heterocycles. The predicted octanol–water partition coefficient (Wildman–Crippen LogP) is 1.70. The topological polar surface area (TPSA) is 40.5 Å². The Morgan fingerprint density at radius 3 is 3.00 bits per heavy atom. The van der Waals surface area contributed by atoms with Crippen LogP contribution in [0.5, 0.6) is 0 Å². The van der Waals surface area contributed by atoms with E-state index in [0.717, 1.165) is 19.3 Å². The number of thiophene rings is 1. The number of aliphatic hydroxyl groups is 2. The number of hydrogen-bond donors (Lipinski definition) is 2. The molecule has 1 atom stereocenters. The Morgan fingerprint density at radius 2 is 2.29 bits per heavy atom. The number of aryl methyl sites for hydroxylation is 1. The molecule has 1 unspecified atom stereocenters. The molecule has 2 N–H and O–H groups in total. The first-order chi connectivity index (χ1) is 6.82. The molecule has 0 radical (unpaired) electrons. The van der Waals surface area contributed by atoms with Gasteiger partial charge in [0.1, 0.15) is 0 Å². The third kappa shape index (κ3) is 1.49. The van der Waals surface area contributed by atoms with E-state index in [4.69, 9.17) is 5.11 Å². The molecule has 1 aliphatic carbocycles. The molecule has 2 rings (SSSR count). The standard InChI is InChI=1S/C11H16O2S/c12-6-5-11(8-13)4-1-2-10-9(11)3-7-14-10/h3,7,12-13H,1-2,4-6,8H2. The third-order valence-electron chi connectivity index (χ3n) is 3.27. The minimum Gasteiger partial charge on any atom is -0.396 e. The molecule has 78 valence electrons. The average molecular weight is 212 g/mol. The minimum atomic E-state index is -0.150. The first kappa shape index (κ1) is 10.1. The minimum absolute atomic E-state index is 0.150. The largest absolute Gasteiger partial charge is 0.396 e. The molecule has 1 aromatic rings. The van der Waals surface area contributed by atoms with E-state index in [1.807, 2.05) is 0 Å². The fourth-order valence-electron chi connectivity index (χ4n) is 2.45. The Morgan fingerprint density at radius 1 is 1.43 bits per heavy atom. The Labute approximate surface area is 88.2 Å². The Bertz CT molecular complexity index is 308. The van der Waals surface area contributed by atoms with E-state index in [2.05, 4.69) is 11.4 Å². The van der Waals surface area contributed by atoms with E-state index in [0.29, 0.717) is 6.42 Å². The van der Waals surface area contributed by atoms with E-state index in [9.17, 15) is 5.11 Å². The van der Waals surface area contributed by atoms with Crippen molar-refractivity contribution in [2.24, 2.45) is 0 Å². The molecular weight excluding hydrogens is 196 g/mol.